The molecule has 0 bridgehead atoms. The predicted octanol–water partition coefficient (Wildman–Crippen LogP) is 6.07. The summed E-state index contributed by atoms with van der Waals surface area (Å²) in [4.78, 5) is 10.6. The maximum atomic E-state index is 13.2. The number of rotatable bonds is 8. The summed E-state index contributed by atoms with van der Waals surface area (Å²) in [5.74, 6) is -38.0. The molecule has 0 amide bonds. The van der Waals surface area contributed by atoms with Crippen LogP contribution in [0.2, 0.25) is 0 Å². The number of carbonyl (C=O) groups excluding carboxylic acids is 1. The summed E-state index contributed by atoms with van der Waals surface area (Å²) >= 11 is 0. The van der Waals surface area contributed by atoms with Crippen molar-refractivity contribution < 1.29 is 93.3 Å². The standard InChI is InChI=1S/C11H4F18O3/c12-3(13)6(16,17)10(26,27)11(28,29)9(24,25)5(14,15)1-31-4(30)32-2(7(18,19)20)8(21,22)23/h2-3H,1H2. The second-order valence-electron chi connectivity index (χ2n) is 5.47. The number of halogens is 18. The summed E-state index contributed by atoms with van der Waals surface area (Å²) in [6, 6.07) is 0. The van der Waals surface area contributed by atoms with Gasteiger partial charge in [0.2, 0.25) is 0 Å². The van der Waals surface area contributed by atoms with E-state index in [-0.39, 0.29) is 0 Å². The van der Waals surface area contributed by atoms with Crippen LogP contribution in [-0.4, -0.2) is 67.3 Å². The Kier molecular flexibility index (Phi) is 7.89. The van der Waals surface area contributed by atoms with Crippen molar-refractivity contribution in [1.82, 2.24) is 0 Å². The van der Waals surface area contributed by atoms with Crippen molar-refractivity contribution in [3.63, 3.8) is 0 Å². The zero-order chi connectivity index (χ0) is 26.4. The summed E-state index contributed by atoms with van der Waals surface area (Å²) in [6.45, 7) is -3.74. The zero-order valence-electron chi connectivity index (χ0n) is 13.9. The molecule has 0 aromatic rings. The van der Waals surface area contributed by atoms with Gasteiger partial charge >= 0.3 is 54.5 Å². The van der Waals surface area contributed by atoms with Gasteiger partial charge in [-0.3, -0.25) is 0 Å². The topological polar surface area (TPSA) is 35.5 Å². The monoisotopic (exact) mass is 526 g/mol. The fourth-order valence-corrected chi connectivity index (χ4v) is 1.46. The van der Waals surface area contributed by atoms with Gasteiger partial charge in [-0.15, -0.1) is 0 Å². The third kappa shape index (κ3) is 5.31. The first kappa shape index (κ1) is 30.0. The average Bonchev–Trinajstić information content (AvgIpc) is 2.54. The van der Waals surface area contributed by atoms with Gasteiger partial charge < -0.3 is 9.47 Å². The van der Waals surface area contributed by atoms with E-state index in [0.717, 1.165) is 0 Å². The van der Waals surface area contributed by atoms with Crippen molar-refractivity contribution in [3.8, 4) is 0 Å². The van der Waals surface area contributed by atoms with Gasteiger partial charge in [-0.05, 0) is 0 Å². The van der Waals surface area contributed by atoms with Crippen LogP contribution in [0, 0.1) is 0 Å². The second kappa shape index (κ2) is 8.41. The van der Waals surface area contributed by atoms with E-state index in [2.05, 4.69) is 9.47 Å². The van der Waals surface area contributed by atoms with E-state index >= 15 is 0 Å². The molecule has 0 saturated heterocycles. The molecule has 192 valence electrons. The molecule has 0 atom stereocenters. The smallest absolute Gasteiger partial charge is 0.428 e. The Balaban J connectivity index is 5.76. The highest BCUT2D eigenvalue weighted by atomic mass is 19.4. The summed E-state index contributed by atoms with van der Waals surface area (Å²) < 4.78 is 231. The quantitative estimate of drug-likeness (QED) is 0.285. The van der Waals surface area contributed by atoms with Crippen LogP contribution in [0.4, 0.5) is 83.8 Å². The number of alkyl halides is 18. The Bertz CT molecular complexity index is 648. The van der Waals surface area contributed by atoms with Crippen LogP contribution in [0.25, 0.3) is 0 Å². The van der Waals surface area contributed by atoms with Crippen molar-refractivity contribution in [2.75, 3.05) is 6.61 Å². The van der Waals surface area contributed by atoms with Crippen molar-refractivity contribution in [1.29, 1.82) is 0 Å². The molecule has 3 nitrogen and oxygen atoms in total. The molecule has 0 spiro atoms. The first-order valence-electron chi connectivity index (χ1n) is 6.82. The lowest BCUT2D eigenvalue weighted by atomic mass is 9.94. The number of ether oxygens (including phenoxy) is 2. The minimum Gasteiger partial charge on any atom is -0.428 e. The molecular weight excluding hydrogens is 522 g/mol. The lowest BCUT2D eigenvalue weighted by molar-refractivity contribution is -0.414. The predicted molar refractivity (Wildman–Crippen MR) is 59.1 cm³/mol. The van der Waals surface area contributed by atoms with Gasteiger partial charge in [-0.2, -0.15) is 70.2 Å². The molecule has 0 aliphatic carbocycles. The van der Waals surface area contributed by atoms with Crippen LogP contribution < -0.4 is 0 Å². The molecule has 0 aromatic carbocycles. The third-order valence-corrected chi connectivity index (χ3v) is 3.12. The molecule has 0 saturated carbocycles. The van der Waals surface area contributed by atoms with Crippen molar-refractivity contribution >= 4 is 6.16 Å². The Morgan fingerprint density at radius 2 is 1.00 bits per heavy atom. The van der Waals surface area contributed by atoms with Gasteiger partial charge in [0, 0.05) is 0 Å². The van der Waals surface area contributed by atoms with E-state index in [4.69, 9.17) is 0 Å². The lowest BCUT2D eigenvalue weighted by Gasteiger charge is -2.38. The zero-order valence-corrected chi connectivity index (χ0v) is 13.9. The van der Waals surface area contributed by atoms with Crippen molar-refractivity contribution in [2.24, 2.45) is 0 Å². The summed E-state index contributed by atoms with van der Waals surface area (Å²) in [7, 11) is 0. The van der Waals surface area contributed by atoms with E-state index in [0.29, 0.717) is 0 Å². The highest BCUT2D eigenvalue weighted by Gasteiger charge is 2.88. The highest BCUT2D eigenvalue weighted by Crippen LogP contribution is 2.58. The van der Waals surface area contributed by atoms with Crippen LogP contribution in [0.5, 0.6) is 0 Å². The van der Waals surface area contributed by atoms with Crippen molar-refractivity contribution in [3.05, 3.63) is 0 Å². The molecule has 0 radical (unpaired) electrons. The maximum Gasteiger partial charge on any atom is 0.509 e. The van der Waals surface area contributed by atoms with Gasteiger partial charge in [-0.1, -0.05) is 0 Å². The molecule has 0 aliphatic rings. The summed E-state index contributed by atoms with van der Waals surface area (Å²) in [6.07, 6.45) is -27.4. The molecule has 21 heteroatoms. The van der Waals surface area contributed by atoms with Gasteiger partial charge in [0.25, 0.3) is 6.10 Å². The van der Waals surface area contributed by atoms with E-state index < -0.39 is 67.3 Å². The minimum absolute atomic E-state index is 2.48. The minimum atomic E-state index is -8.04. The van der Waals surface area contributed by atoms with Crippen LogP contribution in [-0.2, 0) is 9.47 Å². The maximum absolute atomic E-state index is 13.2. The first-order chi connectivity index (χ1) is 13.7. The van der Waals surface area contributed by atoms with Crippen LogP contribution >= 0.6 is 0 Å². The molecule has 0 fully saturated rings. The summed E-state index contributed by atoms with van der Waals surface area (Å²) in [5.41, 5.74) is 0. The Hall–Kier alpha value is -1.99. The van der Waals surface area contributed by atoms with Gasteiger partial charge in [0.05, 0.1) is 0 Å². The number of hydrogen-bond donors (Lipinski definition) is 0. The largest absolute Gasteiger partial charge is 0.509 e. The molecule has 0 rings (SSSR count). The number of carbonyl (C=O) groups is 1. The van der Waals surface area contributed by atoms with Crippen LogP contribution in [0.1, 0.15) is 0 Å². The van der Waals surface area contributed by atoms with Gasteiger partial charge in [0.15, 0.2) is 6.61 Å². The Morgan fingerprint density at radius 1 is 0.625 bits per heavy atom. The van der Waals surface area contributed by atoms with Crippen LogP contribution in [0.15, 0.2) is 0 Å². The average molecular weight is 526 g/mol. The highest BCUT2D eigenvalue weighted by molar-refractivity contribution is 5.60. The second-order valence-corrected chi connectivity index (χ2v) is 5.47. The molecule has 0 unspecified atom stereocenters. The SMILES string of the molecule is O=C(OCC(F)(F)C(F)(F)C(F)(F)C(F)(F)C(F)(F)C(F)F)OC(C(F)(F)F)C(F)(F)F. The molecule has 32 heavy (non-hydrogen) atoms. The molecular formula is C11H4F18O3. The normalized spacial score (nSPS) is 15.4. The van der Waals surface area contributed by atoms with E-state index in [9.17, 15) is 83.8 Å². The summed E-state index contributed by atoms with van der Waals surface area (Å²) in [5, 5.41) is 0. The lowest BCUT2D eigenvalue weighted by Crippen LogP contribution is -2.69. The van der Waals surface area contributed by atoms with Crippen LogP contribution in [0.3, 0.4) is 0 Å². The molecule has 0 aromatic heterocycles. The number of hydrogen-bond acceptors (Lipinski definition) is 3. The third-order valence-electron chi connectivity index (χ3n) is 3.12. The molecule has 0 heterocycles. The van der Waals surface area contributed by atoms with E-state index in [1.165, 1.54) is 0 Å². The molecule has 0 aliphatic heterocycles. The fourth-order valence-electron chi connectivity index (χ4n) is 1.46. The van der Waals surface area contributed by atoms with Gasteiger partial charge in [-0.25, -0.2) is 13.6 Å². The molecule has 0 N–H and O–H groups in total. The van der Waals surface area contributed by atoms with E-state index in [1.54, 1.807) is 0 Å². The Labute approximate surface area is 162 Å². The fraction of sp³-hybridized carbons (Fsp3) is 0.909. The van der Waals surface area contributed by atoms with Crippen molar-refractivity contribution in [2.45, 2.75) is 54.5 Å². The Morgan fingerprint density at radius 3 is 1.31 bits per heavy atom. The van der Waals surface area contributed by atoms with Gasteiger partial charge in [0.1, 0.15) is 0 Å². The van der Waals surface area contributed by atoms with E-state index in [1.807, 2.05) is 0 Å². The first-order valence-corrected chi connectivity index (χ1v) is 6.82.